The van der Waals surface area contributed by atoms with Gasteiger partial charge in [-0.25, -0.2) is 0 Å². The van der Waals surface area contributed by atoms with Crippen LogP contribution in [-0.4, -0.2) is 17.3 Å². The van der Waals surface area contributed by atoms with Gasteiger partial charge in [0.05, 0.1) is 11.3 Å². The Morgan fingerprint density at radius 2 is 2.56 bits per heavy atom. The van der Waals surface area contributed by atoms with Crippen LogP contribution in [-0.2, 0) is 4.74 Å². The Kier molecular flexibility index (Phi) is 1.25. The number of hydrogen-bond donors (Lipinski definition) is 0. The maximum absolute atomic E-state index is 10.1. The molecule has 1 saturated heterocycles. The second-order valence-electron chi connectivity index (χ2n) is 1.98. The van der Waals surface area contributed by atoms with E-state index in [1.165, 1.54) is 6.08 Å². The van der Waals surface area contributed by atoms with Gasteiger partial charge < -0.3 is 4.74 Å². The maximum atomic E-state index is 10.1. The van der Waals surface area contributed by atoms with Crippen molar-refractivity contribution in [1.29, 1.82) is 0 Å². The molecule has 4 nitrogen and oxygen atoms in total. The van der Waals surface area contributed by atoms with Crippen molar-refractivity contribution in [2.75, 3.05) is 6.61 Å². The molecule has 0 spiro atoms. The molecule has 1 unspecified atom stereocenters. The predicted molar refractivity (Wildman–Crippen MR) is 30.5 cm³/mol. The summed E-state index contributed by atoms with van der Waals surface area (Å²) in [6.07, 6.45) is 1.80. The molecular weight excluding hydrogens is 122 g/mol. The summed E-state index contributed by atoms with van der Waals surface area (Å²) in [5.41, 5.74) is -1.10. The molecule has 0 bridgehead atoms. The lowest BCUT2D eigenvalue weighted by molar-refractivity contribution is -0.561. The highest BCUT2D eigenvalue weighted by atomic mass is 16.7. The lowest BCUT2D eigenvalue weighted by atomic mass is 10.2. The minimum Gasteiger partial charge on any atom is -0.302 e. The molecule has 0 aromatic carbocycles. The van der Waals surface area contributed by atoms with Crippen LogP contribution in [0, 0.1) is 10.1 Å². The van der Waals surface area contributed by atoms with Gasteiger partial charge >= 0.3 is 5.72 Å². The van der Waals surface area contributed by atoms with Crippen molar-refractivity contribution in [3.63, 3.8) is 0 Å². The number of ether oxygens (including phenoxy) is 1. The lowest BCUT2D eigenvalue weighted by Gasteiger charge is -1.96. The molecule has 0 aromatic heterocycles. The highest BCUT2D eigenvalue weighted by Gasteiger charge is 2.57. The number of nitrogens with zero attached hydrogens (tertiary/aromatic N) is 1. The first-order valence-corrected chi connectivity index (χ1v) is 2.61. The van der Waals surface area contributed by atoms with Crippen LogP contribution >= 0.6 is 0 Å². The van der Waals surface area contributed by atoms with Crippen LogP contribution in [0.1, 0.15) is 6.42 Å². The van der Waals surface area contributed by atoms with Crippen LogP contribution in [0.5, 0.6) is 0 Å². The highest BCUT2D eigenvalue weighted by molar-refractivity contribution is 4.87. The zero-order valence-corrected chi connectivity index (χ0v) is 4.87. The van der Waals surface area contributed by atoms with E-state index in [2.05, 4.69) is 11.3 Å². The molecule has 0 saturated carbocycles. The smallest absolute Gasteiger partial charge is 0.302 e. The molecule has 1 aliphatic rings. The van der Waals surface area contributed by atoms with Crippen molar-refractivity contribution in [1.82, 2.24) is 0 Å². The summed E-state index contributed by atoms with van der Waals surface area (Å²) in [5, 5.41) is 10.1. The van der Waals surface area contributed by atoms with Gasteiger partial charge in [-0.3, -0.25) is 10.1 Å². The van der Waals surface area contributed by atoms with Crippen molar-refractivity contribution >= 4 is 0 Å². The SMILES string of the molecule is C=CCC1([N+](=O)[O-])CO1. The minimum atomic E-state index is -1.10. The Morgan fingerprint density at radius 1 is 2.00 bits per heavy atom. The Hall–Kier alpha value is -0.900. The van der Waals surface area contributed by atoms with E-state index < -0.39 is 10.6 Å². The molecule has 1 fully saturated rings. The number of epoxide rings is 1. The zero-order valence-electron chi connectivity index (χ0n) is 4.87. The summed E-state index contributed by atoms with van der Waals surface area (Å²) < 4.78 is 4.63. The number of rotatable bonds is 3. The van der Waals surface area contributed by atoms with Gasteiger partial charge in [0.15, 0.2) is 6.61 Å². The molecule has 0 N–H and O–H groups in total. The third-order valence-corrected chi connectivity index (χ3v) is 1.27. The first-order chi connectivity index (χ1) is 4.21. The molecule has 50 valence electrons. The second kappa shape index (κ2) is 1.80. The molecule has 0 amide bonds. The number of hydrogen-bond acceptors (Lipinski definition) is 3. The van der Waals surface area contributed by atoms with E-state index in [4.69, 9.17) is 0 Å². The highest BCUT2D eigenvalue weighted by Crippen LogP contribution is 2.31. The van der Waals surface area contributed by atoms with Crippen molar-refractivity contribution < 1.29 is 9.66 Å². The predicted octanol–water partition coefficient (Wildman–Crippen LogP) is 0.566. The van der Waals surface area contributed by atoms with E-state index in [0.29, 0.717) is 6.42 Å². The summed E-state index contributed by atoms with van der Waals surface area (Å²) in [6, 6.07) is 0. The average molecular weight is 129 g/mol. The zero-order chi connectivity index (χ0) is 6.91. The number of nitro groups is 1. The van der Waals surface area contributed by atoms with Crippen LogP contribution in [0.25, 0.3) is 0 Å². The normalized spacial score (nSPS) is 31.6. The third kappa shape index (κ3) is 0.929. The van der Waals surface area contributed by atoms with Gasteiger partial charge in [-0.1, -0.05) is 6.08 Å². The Labute approximate surface area is 52.3 Å². The molecule has 0 aliphatic carbocycles. The van der Waals surface area contributed by atoms with Crippen LogP contribution in [0.3, 0.4) is 0 Å². The summed E-state index contributed by atoms with van der Waals surface area (Å²) in [6.45, 7) is 3.61. The first kappa shape index (κ1) is 6.22. The molecule has 0 aromatic rings. The van der Waals surface area contributed by atoms with Gasteiger partial charge in [-0.2, -0.15) is 0 Å². The second-order valence-corrected chi connectivity index (χ2v) is 1.98. The van der Waals surface area contributed by atoms with E-state index in [9.17, 15) is 10.1 Å². The quantitative estimate of drug-likeness (QED) is 0.242. The topological polar surface area (TPSA) is 55.7 Å². The van der Waals surface area contributed by atoms with E-state index in [1.54, 1.807) is 0 Å². The molecule has 4 heteroatoms. The van der Waals surface area contributed by atoms with Crippen molar-refractivity contribution in [2.24, 2.45) is 0 Å². The fourth-order valence-electron chi connectivity index (χ4n) is 0.607. The van der Waals surface area contributed by atoms with Gasteiger partial charge in [-0.15, -0.1) is 6.58 Å². The van der Waals surface area contributed by atoms with Crippen molar-refractivity contribution in [3.8, 4) is 0 Å². The molecule has 1 heterocycles. The maximum Gasteiger partial charge on any atom is 0.352 e. The van der Waals surface area contributed by atoms with Gasteiger partial charge in [0.25, 0.3) is 0 Å². The van der Waals surface area contributed by atoms with Crippen molar-refractivity contribution in [2.45, 2.75) is 12.1 Å². The summed E-state index contributed by atoms with van der Waals surface area (Å²) in [4.78, 5) is 9.70. The van der Waals surface area contributed by atoms with Crippen LogP contribution < -0.4 is 0 Å². The fourth-order valence-corrected chi connectivity index (χ4v) is 0.607. The van der Waals surface area contributed by atoms with E-state index >= 15 is 0 Å². The lowest BCUT2D eigenvalue weighted by Crippen LogP contribution is -2.21. The van der Waals surface area contributed by atoms with Gasteiger partial charge in [-0.05, 0) is 0 Å². The fraction of sp³-hybridized carbons (Fsp3) is 0.600. The van der Waals surface area contributed by atoms with Crippen molar-refractivity contribution in [3.05, 3.63) is 22.8 Å². The van der Waals surface area contributed by atoms with E-state index in [0.717, 1.165) is 0 Å². The molecular formula is C5H7NO3. The standard InChI is InChI=1S/C5H7NO3/c1-2-3-5(4-9-5)6(7)8/h2H,1,3-4H2. The van der Waals surface area contributed by atoms with E-state index in [1.807, 2.05) is 0 Å². The molecule has 0 radical (unpaired) electrons. The van der Waals surface area contributed by atoms with E-state index in [-0.39, 0.29) is 6.61 Å². The van der Waals surface area contributed by atoms with Crippen LogP contribution in [0.15, 0.2) is 12.7 Å². The third-order valence-electron chi connectivity index (χ3n) is 1.27. The minimum absolute atomic E-state index is 0.228. The Balaban J connectivity index is 2.52. The molecule has 9 heavy (non-hydrogen) atoms. The summed E-state index contributed by atoms with van der Waals surface area (Å²) in [5.74, 6) is 0. The van der Waals surface area contributed by atoms with Gasteiger partial charge in [0, 0.05) is 0 Å². The van der Waals surface area contributed by atoms with Gasteiger partial charge in [0.2, 0.25) is 0 Å². The molecule has 1 aliphatic heterocycles. The van der Waals surface area contributed by atoms with Crippen LogP contribution in [0.4, 0.5) is 0 Å². The largest absolute Gasteiger partial charge is 0.352 e. The summed E-state index contributed by atoms with van der Waals surface area (Å²) in [7, 11) is 0. The monoisotopic (exact) mass is 129 g/mol. The average Bonchev–Trinajstić information content (AvgIpc) is 2.49. The van der Waals surface area contributed by atoms with Gasteiger partial charge in [0.1, 0.15) is 0 Å². The summed E-state index contributed by atoms with van der Waals surface area (Å²) >= 11 is 0. The molecule has 1 atom stereocenters. The molecule has 1 rings (SSSR count). The Bertz CT molecular complexity index is 150. The Morgan fingerprint density at radius 3 is 2.67 bits per heavy atom. The van der Waals surface area contributed by atoms with Crippen LogP contribution in [0.2, 0.25) is 0 Å². The first-order valence-electron chi connectivity index (χ1n) is 2.61.